The lowest BCUT2D eigenvalue weighted by molar-refractivity contribution is -0.136. The van der Waals surface area contributed by atoms with Gasteiger partial charge in [-0.15, -0.1) is 0 Å². The van der Waals surface area contributed by atoms with E-state index in [4.69, 9.17) is 0 Å². The summed E-state index contributed by atoms with van der Waals surface area (Å²) in [6.07, 6.45) is -9.44. The maximum Gasteiger partial charge on any atom is 0.454 e. The van der Waals surface area contributed by atoms with Gasteiger partial charge in [-0.05, 0) is 12.1 Å². The zero-order valence-electron chi connectivity index (χ0n) is 8.99. The van der Waals surface area contributed by atoms with Crippen LogP contribution in [0.15, 0.2) is 24.4 Å². The minimum atomic E-state index is -5.23. The number of aromatic amines is 1. The largest absolute Gasteiger partial charge is 0.454 e. The second-order valence-electron chi connectivity index (χ2n) is 3.76. The first-order valence-corrected chi connectivity index (χ1v) is 4.91. The lowest BCUT2D eigenvalue weighted by Crippen LogP contribution is -2.23. The summed E-state index contributed by atoms with van der Waals surface area (Å²) >= 11 is 0. The molecular weight excluding hydrogens is 276 g/mol. The van der Waals surface area contributed by atoms with Crippen LogP contribution in [-0.4, -0.2) is 16.9 Å². The molecule has 0 atom stereocenters. The summed E-state index contributed by atoms with van der Waals surface area (Å²) in [6, 6.07) is 2.84. The molecule has 2 nitrogen and oxygen atoms in total. The van der Waals surface area contributed by atoms with Crippen LogP contribution in [-0.2, 0) is 6.18 Å². The number of hydrogen-bond donors (Lipinski definition) is 1. The van der Waals surface area contributed by atoms with E-state index in [9.17, 15) is 31.1 Å². The van der Waals surface area contributed by atoms with Gasteiger partial charge in [0.15, 0.2) is 0 Å². The van der Waals surface area contributed by atoms with Gasteiger partial charge in [0.05, 0.1) is 11.1 Å². The second kappa shape index (κ2) is 4.01. The first-order chi connectivity index (χ1) is 8.62. The van der Waals surface area contributed by atoms with Crippen LogP contribution in [0.1, 0.15) is 15.9 Å². The molecular formula is C11H5F6NO. The lowest BCUT2D eigenvalue weighted by atomic mass is 10.0. The van der Waals surface area contributed by atoms with Crippen molar-refractivity contribution in [3.05, 3.63) is 35.5 Å². The summed E-state index contributed by atoms with van der Waals surface area (Å²) in [5.41, 5.74) is -2.49. The van der Waals surface area contributed by atoms with Crippen LogP contribution in [0.25, 0.3) is 10.9 Å². The zero-order valence-corrected chi connectivity index (χ0v) is 8.99. The Hall–Kier alpha value is -1.99. The van der Waals surface area contributed by atoms with Gasteiger partial charge in [0, 0.05) is 17.1 Å². The van der Waals surface area contributed by atoms with Crippen molar-refractivity contribution >= 4 is 16.7 Å². The highest BCUT2D eigenvalue weighted by atomic mass is 19.4. The Morgan fingerprint density at radius 2 is 1.68 bits per heavy atom. The Labute approximate surface area is 102 Å². The van der Waals surface area contributed by atoms with Gasteiger partial charge in [-0.3, -0.25) is 4.79 Å². The number of H-pyrrole nitrogens is 1. The van der Waals surface area contributed by atoms with Crippen molar-refractivity contribution < 1.29 is 31.1 Å². The van der Waals surface area contributed by atoms with E-state index in [2.05, 4.69) is 4.98 Å². The molecule has 0 saturated heterocycles. The average molecular weight is 281 g/mol. The van der Waals surface area contributed by atoms with E-state index in [1.54, 1.807) is 0 Å². The van der Waals surface area contributed by atoms with Gasteiger partial charge in [0.1, 0.15) is 0 Å². The van der Waals surface area contributed by atoms with Crippen molar-refractivity contribution in [1.29, 1.82) is 0 Å². The minimum Gasteiger partial charge on any atom is -0.360 e. The average Bonchev–Trinajstić information content (AvgIpc) is 2.68. The molecule has 1 heterocycles. The van der Waals surface area contributed by atoms with Gasteiger partial charge in [0.25, 0.3) is 5.78 Å². The molecule has 0 spiro atoms. The third-order valence-electron chi connectivity index (χ3n) is 2.51. The van der Waals surface area contributed by atoms with Crippen molar-refractivity contribution in [3.8, 4) is 0 Å². The topological polar surface area (TPSA) is 32.9 Å². The molecule has 102 valence electrons. The number of Topliss-reactive ketones (excluding diaryl/α,β-unsaturated/α-hetero) is 1. The van der Waals surface area contributed by atoms with Gasteiger partial charge in [-0.2, -0.15) is 26.3 Å². The molecule has 0 amide bonds. The molecule has 0 aliphatic rings. The molecule has 19 heavy (non-hydrogen) atoms. The van der Waals surface area contributed by atoms with E-state index < -0.39 is 34.6 Å². The second-order valence-corrected chi connectivity index (χ2v) is 3.76. The third kappa shape index (κ3) is 2.29. The molecule has 2 aromatic rings. The number of hydrogen-bond acceptors (Lipinski definition) is 1. The summed E-state index contributed by atoms with van der Waals surface area (Å²) in [5.74, 6) is -2.31. The predicted octanol–water partition coefficient (Wildman–Crippen LogP) is 3.93. The SMILES string of the molecule is O=C(c1c[nH]c2cccc(C(F)(F)F)c12)C(F)(F)F. The van der Waals surface area contributed by atoms with Crippen molar-refractivity contribution in [2.45, 2.75) is 12.4 Å². The number of carbonyl (C=O) groups is 1. The summed E-state index contributed by atoms with van der Waals surface area (Å²) in [6.45, 7) is 0. The van der Waals surface area contributed by atoms with Gasteiger partial charge in [0.2, 0.25) is 0 Å². The zero-order chi connectivity index (χ0) is 14.4. The minimum absolute atomic E-state index is 0.178. The Bertz CT molecular complexity index is 637. The van der Waals surface area contributed by atoms with Crippen molar-refractivity contribution in [2.75, 3.05) is 0 Å². The molecule has 0 bridgehead atoms. The Morgan fingerprint density at radius 1 is 1.05 bits per heavy atom. The van der Waals surface area contributed by atoms with Crippen LogP contribution in [0.2, 0.25) is 0 Å². The van der Waals surface area contributed by atoms with Crippen LogP contribution in [0.4, 0.5) is 26.3 Å². The molecule has 0 fully saturated rings. The standard InChI is InChI=1S/C11H5F6NO/c12-10(13,14)6-2-1-3-7-8(6)5(4-18-7)9(19)11(15,16)17/h1-4,18H. The quantitative estimate of drug-likeness (QED) is 0.623. The van der Waals surface area contributed by atoms with Crippen molar-refractivity contribution in [3.63, 3.8) is 0 Å². The number of ketones is 1. The normalized spacial score (nSPS) is 12.9. The van der Waals surface area contributed by atoms with E-state index in [-0.39, 0.29) is 5.52 Å². The fraction of sp³-hybridized carbons (Fsp3) is 0.182. The summed E-state index contributed by atoms with van der Waals surface area (Å²) < 4.78 is 75.2. The fourth-order valence-corrected chi connectivity index (χ4v) is 1.75. The molecule has 8 heteroatoms. The van der Waals surface area contributed by atoms with Gasteiger partial charge in [-0.25, -0.2) is 0 Å². The van der Waals surface area contributed by atoms with E-state index in [1.807, 2.05) is 0 Å². The number of rotatable bonds is 1. The predicted molar refractivity (Wildman–Crippen MR) is 53.7 cm³/mol. The van der Waals surface area contributed by atoms with Crippen molar-refractivity contribution in [2.24, 2.45) is 0 Å². The van der Waals surface area contributed by atoms with Gasteiger partial charge in [-0.1, -0.05) is 6.07 Å². The van der Waals surface area contributed by atoms with Crippen LogP contribution in [0, 0.1) is 0 Å². The molecule has 1 aromatic carbocycles. The first kappa shape index (κ1) is 13.4. The molecule has 0 aliphatic carbocycles. The number of alkyl halides is 6. The Kier molecular flexibility index (Phi) is 2.83. The Balaban J connectivity index is 2.75. The molecule has 0 aliphatic heterocycles. The highest BCUT2D eigenvalue weighted by Crippen LogP contribution is 2.37. The Morgan fingerprint density at radius 3 is 2.21 bits per heavy atom. The van der Waals surface area contributed by atoms with E-state index in [0.717, 1.165) is 12.1 Å². The molecule has 0 unspecified atom stereocenters. The smallest absolute Gasteiger partial charge is 0.360 e. The van der Waals surface area contributed by atoms with Crippen LogP contribution in [0.5, 0.6) is 0 Å². The monoisotopic (exact) mass is 281 g/mol. The summed E-state index contributed by atoms with van der Waals surface area (Å²) in [7, 11) is 0. The van der Waals surface area contributed by atoms with Crippen molar-refractivity contribution in [1.82, 2.24) is 4.98 Å². The lowest BCUT2D eigenvalue weighted by Gasteiger charge is -2.10. The maximum atomic E-state index is 12.7. The molecule has 0 saturated carbocycles. The first-order valence-electron chi connectivity index (χ1n) is 4.91. The molecule has 0 radical (unpaired) electrons. The number of aromatic nitrogens is 1. The van der Waals surface area contributed by atoms with Crippen LogP contribution < -0.4 is 0 Å². The highest BCUT2D eigenvalue weighted by molar-refractivity contribution is 6.11. The van der Waals surface area contributed by atoms with Crippen LogP contribution >= 0.6 is 0 Å². The number of benzene rings is 1. The number of nitrogens with one attached hydrogen (secondary N) is 1. The summed E-state index contributed by atoms with van der Waals surface area (Å²) in [5, 5.41) is -0.766. The van der Waals surface area contributed by atoms with E-state index in [0.29, 0.717) is 12.3 Å². The highest BCUT2D eigenvalue weighted by Gasteiger charge is 2.42. The molecule has 2 rings (SSSR count). The number of fused-ring (bicyclic) bond motifs is 1. The summed E-state index contributed by atoms with van der Waals surface area (Å²) in [4.78, 5) is 13.3. The third-order valence-corrected chi connectivity index (χ3v) is 2.51. The van der Waals surface area contributed by atoms with Crippen LogP contribution in [0.3, 0.4) is 0 Å². The number of halogens is 6. The fourth-order valence-electron chi connectivity index (χ4n) is 1.75. The molecule has 1 N–H and O–H groups in total. The van der Waals surface area contributed by atoms with Gasteiger partial charge < -0.3 is 4.98 Å². The maximum absolute atomic E-state index is 12.7. The van der Waals surface area contributed by atoms with E-state index in [1.165, 1.54) is 0 Å². The van der Waals surface area contributed by atoms with E-state index >= 15 is 0 Å². The van der Waals surface area contributed by atoms with Gasteiger partial charge >= 0.3 is 12.4 Å². The molecule has 1 aromatic heterocycles. The number of carbonyl (C=O) groups excluding carboxylic acids is 1.